The molecule has 48 heavy (non-hydrogen) atoms. The number of fused-ring (bicyclic) bond motifs is 2. The highest BCUT2D eigenvalue weighted by Crippen LogP contribution is 2.38. The second kappa shape index (κ2) is 13.5. The maximum atomic E-state index is 13.6. The number of ether oxygens (including phenoxy) is 1. The summed E-state index contributed by atoms with van der Waals surface area (Å²) in [5, 5.41) is 13.9. The summed E-state index contributed by atoms with van der Waals surface area (Å²) >= 11 is 1.42. The molecule has 1 aromatic carbocycles. The second-order valence-corrected chi connectivity index (χ2v) is 12.9. The molecule has 2 N–H and O–H groups in total. The lowest BCUT2D eigenvalue weighted by atomic mass is 10.0. The van der Waals surface area contributed by atoms with Gasteiger partial charge in [0.2, 0.25) is 5.91 Å². The molecule has 1 atom stereocenters. The van der Waals surface area contributed by atoms with Crippen molar-refractivity contribution in [3.8, 4) is 17.0 Å². The molecule has 4 aromatic rings. The van der Waals surface area contributed by atoms with E-state index < -0.39 is 12.5 Å². The summed E-state index contributed by atoms with van der Waals surface area (Å²) in [6.45, 7) is 3.05. The van der Waals surface area contributed by atoms with Gasteiger partial charge in [-0.25, -0.2) is 14.9 Å². The third-order valence-corrected chi connectivity index (χ3v) is 9.67. The zero-order chi connectivity index (χ0) is 33.4. The molecule has 3 aromatic heterocycles. The first-order chi connectivity index (χ1) is 23.2. The number of hydrogen-bond acceptors (Lipinski definition) is 10. The molecule has 3 aliphatic heterocycles. The van der Waals surface area contributed by atoms with Crippen molar-refractivity contribution in [1.82, 2.24) is 44.6 Å². The number of hydrazine groups is 1. The number of amides is 2. The van der Waals surface area contributed by atoms with Gasteiger partial charge in [-0.15, -0.1) is 11.8 Å². The Morgan fingerprint density at radius 3 is 2.81 bits per heavy atom. The van der Waals surface area contributed by atoms with Gasteiger partial charge in [-0.2, -0.15) is 19.0 Å². The van der Waals surface area contributed by atoms with Crippen LogP contribution < -0.4 is 15.5 Å². The fraction of sp³-hybridized carbons (Fsp3) is 0.406. The Bertz CT molecular complexity index is 1850. The monoisotopic (exact) mass is 678 g/mol. The van der Waals surface area contributed by atoms with E-state index in [0.717, 1.165) is 37.4 Å². The minimum atomic E-state index is -3.07. The van der Waals surface area contributed by atoms with E-state index in [9.17, 15) is 18.4 Å². The van der Waals surface area contributed by atoms with Gasteiger partial charge in [0, 0.05) is 79.6 Å². The van der Waals surface area contributed by atoms with Crippen LogP contribution in [0, 0.1) is 0 Å². The highest BCUT2D eigenvalue weighted by Gasteiger charge is 2.33. The molecule has 2 fully saturated rings. The minimum absolute atomic E-state index is 0.0891. The van der Waals surface area contributed by atoms with Crippen LogP contribution in [0.5, 0.6) is 5.75 Å². The summed E-state index contributed by atoms with van der Waals surface area (Å²) in [6, 6.07) is 7.23. The fourth-order valence-electron chi connectivity index (χ4n) is 6.63. The Kier molecular flexibility index (Phi) is 9.02. The third-order valence-electron chi connectivity index (χ3n) is 8.95. The molecule has 2 saturated heterocycles. The lowest BCUT2D eigenvalue weighted by Crippen LogP contribution is -2.54. The van der Waals surface area contributed by atoms with Gasteiger partial charge in [-0.1, -0.05) is 0 Å². The van der Waals surface area contributed by atoms with Crippen molar-refractivity contribution in [2.24, 2.45) is 0 Å². The van der Waals surface area contributed by atoms with E-state index in [0.29, 0.717) is 30.8 Å². The van der Waals surface area contributed by atoms with Crippen molar-refractivity contribution in [2.75, 3.05) is 44.3 Å². The number of aromatic nitrogens is 5. The van der Waals surface area contributed by atoms with Crippen molar-refractivity contribution >= 4 is 34.9 Å². The molecule has 0 aliphatic carbocycles. The van der Waals surface area contributed by atoms with Gasteiger partial charge in [0.05, 0.1) is 11.9 Å². The summed E-state index contributed by atoms with van der Waals surface area (Å²) in [5.41, 5.74) is 6.01. The largest absolute Gasteiger partial charge is 0.434 e. The number of hydrogen-bond donors (Lipinski definition) is 2. The van der Waals surface area contributed by atoms with E-state index in [1.807, 2.05) is 11.2 Å². The van der Waals surface area contributed by atoms with E-state index in [1.54, 1.807) is 36.8 Å². The van der Waals surface area contributed by atoms with Crippen molar-refractivity contribution in [2.45, 2.75) is 49.9 Å². The summed E-state index contributed by atoms with van der Waals surface area (Å²) < 4.78 is 34.6. The summed E-state index contributed by atoms with van der Waals surface area (Å²) in [6.07, 6.45) is 12.0. The lowest BCUT2D eigenvalue weighted by Gasteiger charge is -2.43. The molecule has 2 amide bonds. The maximum absolute atomic E-state index is 13.6. The predicted octanol–water partition coefficient (Wildman–Crippen LogP) is 3.57. The molecule has 252 valence electrons. The molecule has 16 heteroatoms. The van der Waals surface area contributed by atoms with Crippen LogP contribution in [0.15, 0.2) is 65.7 Å². The Labute approximate surface area is 279 Å². The molecule has 0 radical (unpaired) electrons. The highest BCUT2D eigenvalue weighted by atomic mass is 32.2. The smallest absolute Gasteiger partial charge is 0.387 e. The quantitative estimate of drug-likeness (QED) is 0.254. The summed E-state index contributed by atoms with van der Waals surface area (Å²) in [5.74, 6) is -0.737. The average Bonchev–Trinajstić information content (AvgIpc) is 3.80. The Hall–Kier alpha value is -4.54. The molecule has 13 nitrogen and oxygen atoms in total. The van der Waals surface area contributed by atoms with Crippen molar-refractivity contribution in [3.63, 3.8) is 0 Å². The molecule has 0 spiro atoms. The van der Waals surface area contributed by atoms with Crippen LogP contribution in [0.4, 0.5) is 14.5 Å². The van der Waals surface area contributed by atoms with Gasteiger partial charge < -0.3 is 20.0 Å². The van der Waals surface area contributed by atoms with Crippen molar-refractivity contribution in [3.05, 3.63) is 66.4 Å². The highest BCUT2D eigenvalue weighted by molar-refractivity contribution is 7.98. The van der Waals surface area contributed by atoms with Crippen molar-refractivity contribution < 1.29 is 23.1 Å². The minimum Gasteiger partial charge on any atom is -0.434 e. The molecule has 7 rings (SSSR count). The van der Waals surface area contributed by atoms with E-state index >= 15 is 0 Å². The first-order valence-corrected chi connectivity index (χ1v) is 17.0. The number of piperidine rings is 1. The number of alkyl halides is 2. The number of anilines is 1. The number of carbonyl (C=O) groups excluding carboxylic acids is 2. The first-order valence-electron chi connectivity index (χ1n) is 15.8. The van der Waals surface area contributed by atoms with E-state index in [-0.39, 0.29) is 40.7 Å². The SMILES string of the molecule is CSc1ccc(OC(F)F)c(-c2nn(CC(=O)N3CCC(N4CCN5NC(C)C=C5C4)CC3)cc2NC(=O)c2cnn3cccnc23)c1. The standard InChI is InChI=1S/C32H36F2N10O3S/c1-20-14-22-17-41(12-13-43(22)38-20)21-6-10-40(11-7-21)28(45)19-42-18-26(37-31(46)25-16-36-44-9-3-8-35-30(25)44)29(39-42)24-15-23(48-2)4-5-27(24)47-32(33)34/h3-5,8-9,14-16,18,20-21,32,38H,6-7,10-13,17,19H2,1-2H3,(H,37,46). The van der Waals surface area contributed by atoms with Crippen LogP contribution in [-0.4, -0.2) is 109 Å². The maximum Gasteiger partial charge on any atom is 0.387 e. The molecule has 0 bridgehead atoms. The van der Waals surface area contributed by atoms with Gasteiger partial charge >= 0.3 is 6.61 Å². The zero-order valence-corrected chi connectivity index (χ0v) is 27.4. The number of carbonyl (C=O) groups is 2. The normalized spacial score (nSPS) is 18.8. The van der Waals surface area contributed by atoms with Crippen LogP contribution in [0.2, 0.25) is 0 Å². The molecule has 1 unspecified atom stereocenters. The van der Waals surface area contributed by atoms with Gasteiger partial charge in [0.25, 0.3) is 5.91 Å². The van der Waals surface area contributed by atoms with Crippen LogP contribution in [0.25, 0.3) is 16.9 Å². The number of likely N-dealkylation sites (tertiary alicyclic amines) is 1. The second-order valence-electron chi connectivity index (χ2n) is 12.0. The van der Waals surface area contributed by atoms with Crippen molar-refractivity contribution in [1.29, 1.82) is 0 Å². The van der Waals surface area contributed by atoms with Gasteiger partial charge in [-0.3, -0.25) is 19.2 Å². The lowest BCUT2D eigenvalue weighted by molar-refractivity contribution is -0.133. The van der Waals surface area contributed by atoms with Crippen LogP contribution in [0.1, 0.15) is 30.1 Å². The molecular weight excluding hydrogens is 642 g/mol. The number of benzene rings is 1. The summed E-state index contributed by atoms with van der Waals surface area (Å²) in [4.78, 5) is 36.4. The molecule has 0 saturated carbocycles. The van der Waals surface area contributed by atoms with Crippen LogP contribution in [0.3, 0.4) is 0 Å². The molecular formula is C32H36F2N10O3S. The van der Waals surface area contributed by atoms with Crippen LogP contribution >= 0.6 is 11.8 Å². The summed E-state index contributed by atoms with van der Waals surface area (Å²) in [7, 11) is 0. The number of piperazine rings is 1. The van der Waals surface area contributed by atoms with Gasteiger partial charge in [0.1, 0.15) is 23.6 Å². The molecule has 3 aliphatic rings. The zero-order valence-electron chi connectivity index (χ0n) is 26.6. The van der Waals surface area contributed by atoms with Gasteiger partial charge in [-0.05, 0) is 56.4 Å². The van der Waals surface area contributed by atoms with Gasteiger partial charge in [0.15, 0.2) is 5.65 Å². The average molecular weight is 679 g/mol. The fourth-order valence-corrected chi connectivity index (χ4v) is 7.07. The Balaban J connectivity index is 1.10. The van der Waals surface area contributed by atoms with Crippen LogP contribution in [-0.2, 0) is 11.3 Å². The Morgan fingerprint density at radius 2 is 2.02 bits per heavy atom. The number of thioether (sulfide) groups is 1. The van der Waals surface area contributed by atoms with E-state index in [2.05, 4.69) is 48.8 Å². The molecule has 6 heterocycles. The number of halogens is 2. The number of nitrogens with zero attached hydrogens (tertiary/aromatic N) is 8. The van der Waals surface area contributed by atoms with E-state index in [4.69, 9.17) is 4.74 Å². The Morgan fingerprint density at radius 1 is 1.19 bits per heavy atom. The predicted molar refractivity (Wildman–Crippen MR) is 176 cm³/mol. The van der Waals surface area contributed by atoms with E-state index in [1.165, 1.54) is 38.9 Å². The first kappa shape index (κ1) is 32.0. The third kappa shape index (κ3) is 6.59. The number of rotatable bonds is 9. The number of nitrogens with one attached hydrogen (secondary N) is 2. The topological polar surface area (TPSA) is 125 Å².